The SMILES string of the molecule is CSCCC(NC(=O)CN(Cc1cccc2ccccc12)C[C@@H]1CCCN1C(=O)[C@H](N)Cc1c[nH]cn1)C(=O)O. The predicted molar refractivity (Wildman–Crippen MR) is 157 cm³/mol. The summed E-state index contributed by atoms with van der Waals surface area (Å²) in [6.07, 6.45) is 7.57. The first kappa shape index (κ1) is 29.6. The molecule has 0 radical (unpaired) electrons. The third kappa shape index (κ3) is 7.83. The van der Waals surface area contributed by atoms with Crippen LogP contribution in [0.25, 0.3) is 10.8 Å². The van der Waals surface area contributed by atoms with Crippen LogP contribution in [0.5, 0.6) is 0 Å². The number of hydrogen-bond donors (Lipinski definition) is 4. The zero-order valence-corrected chi connectivity index (χ0v) is 23.6. The van der Waals surface area contributed by atoms with Crippen molar-refractivity contribution in [2.75, 3.05) is 31.6 Å². The van der Waals surface area contributed by atoms with Crippen molar-refractivity contribution in [1.82, 2.24) is 25.1 Å². The van der Waals surface area contributed by atoms with Crippen LogP contribution in [-0.2, 0) is 27.3 Å². The average molecular weight is 567 g/mol. The number of nitrogens with zero attached hydrogens (tertiary/aromatic N) is 3. The van der Waals surface area contributed by atoms with Gasteiger partial charge in [0.05, 0.1) is 24.6 Å². The molecule has 1 unspecified atom stereocenters. The van der Waals surface area contributed by atoms with E-state index >= 15 is 0 Å². The van der Waals surface area contributed by atoms with Crippen LogP contribution in [0.4, 0.5) is 0 Å². The Morgan fingerprint density at radius 3 is 2.80 bits per heavy atom. The average Bonchev–Trinajstić information content (AvgIpc) is 3.63. The maximum Gasteiger partial charge on any atom is 0.326 e. The smallest absolute Gasteiger partial charge is 0.326 e. The molecule has 0 spiro atoms. The van der Waals surface area contributed by atoms with Gasteiger partial charge >= 0.3 is 5.97 Å². The van der Waals surface area contributed by atoms with Crippen molar-refractivity contribution in [3.8, 4) is 0 Å². The van der Waals surface area contributed by atoms with Crippen LogP contribution in [0.3, 0.4) is 0 Å². The van der Waals surface area contributed by atoms with Crippen molar-refractivity contribution >= 4 is 40.3 Å². The lowest BCUT2D eigenvalue weighted by molar-refractivity contribution is -0.142. The van der Waals surface area contributed by atoms with Gasteiger partial charge in [0.15, 0.2) is 0 Å². The molecular weight excluding hydrogens is 528 g/mol. The van der Waals surface area contributed by atoms with Gasteiger partial charge in [-0.05, 0) is 47.6 Å². The van der Waals surface area contributed by atoms with E-state index in [0.717, 1.165) is 34.9 Å². The Kier molecular flexibility index (Phi) is 10.6. The number of imidazole rings is 1. The molecule has 2 aromatic carbocycles. The third-order valence-corrected chi connectivity index (χ3v) is 7.96. The third-order valence-electron chi connectivity index (χ3n) is 7.32. The second-order valence-corrected chi connectivity index (χ2v) is 11.2. The molecule has 214 valence electrons. The molecule has 11 heteroatoms. The molecule has 5 N–H and O–H groups in total. The van der Waals surface area contributed by atoms with Crippen molar-refractivity contribution in [3.05, 3.63) is 66.2 Å². The Balaban J connectivity index is 1.51. The van der Waals surface area contributed by atoms with E-state index in [1.54, 1.807) is 24.3 Å². The molecule has 2 heterocycles. The van der Waals surface area contributed by atoms with Gasteiger partial charge < -0.3 is 26.0 Å². The lowest BCUT2D eigenvalue weighted by Gasteiger charge is -2.32. The van der Waals surface area contributed by atoms with Crippen LogP contribution in [0.15, 0.2) is 55.0 Å². The molecule has 2 amide bonds. The van der Waals surface area contributed by atoms with Crippen molar-refractivity contribution in [1.29, 1.82) is 0 Å². The first-order valence-electron chi connectivity index (χ1n) is 13.6. The Morgan fingerprint density at radius 1 is 1.25 bits per heavy atom. The second-order valence-electron chi connectivity index (χ2n) is 10.2. The first-order chi connectivity index (χ1) is 19.4. The maximum absolute atomic E-state index is 13.3. The van der Waals surface area contributed by atoms with E-state index in [-0.39, 0.29) is 24.4 Å². The fourth-order valence-electron chi connectivity index (χ4n) is 5.33. The van der Waals surface area contributed by atoms with Gasteiger partial charge in [0, 0.05) is 38.3 Å². The largest absolute Gasteiger partial charge is 0.480 e. The van der Waals surface area contributed by atoms with E-state index in [0.29, 0.717) is 38.2 Å². The van der Waals surface area contributed by atoms with E-state index in [1.807, 2.05) is 40.3 Å². The number of hydrogen-bond acceptors (Lipinski definition) is 7. The summed E-state index contributed by atoms with van der Waals surface area (Å²) in [6, 6.07) is 12.4. The van der Waals surface area contributed by atoms with Gasteiger partial charge in [-0.1, -0.05) is 42.5 Å². The number of H-pyrrole nitrogens is 1. The fourth-order valence-corrected chi connectivity index (χ4v) is 5.81. The topological polar surface area (TPSA) is 145 Å². The van der Waals surface area contributed by atoms with Crippen LogP contribution in [0, 0.1) is 0 Å². The van der Waals surface area contributed by atoms with Crippen LogP contribution >= 0.6 is 11.8 Å². The minimum atomic E-state index is -1.04. The monoisotopic (exact) mass is 566 g/mol. The highest BCUT2D eigenvalue weighted by atomic mass is 32.2. The molecule has 40 heavy (non-hydrogen) atoms. The number of aromatic nitrogens is 2. The number of nitrogens with two attached hydrogens (primary N) is 1. The Hall–Kier alpha value is -3.41. The summed E-state index contributed by atoms with van der Waals surface area (Å²) in [6.45, 7) is 1.58. The number of nitrogens with one attached hydrogen (secondary N) is 2. The van der Waals surface area contributed by atoms with E-state index in [4.69, 9.17) is 5.73 Å². The van der Waals surface area contributed by atoms with E-state index in [2.05, 4.69) is 33.5 Å². The van der Waals surface area contributed by atoms with Gasteiger partial charge in [-0.3, -0.25) is 14.5 Å². The summed E-state index contributed by atoms with van der Waals surface area (Å²) in [5, 5.41) is 14.5. The molecule has 0 aliphatic carbocycles. The van der Waals surface area contributed by atoms with Gasteiger partial charge in [0.25, 0.3) is 0 Å². The Bertz CT molecular complexity index is 1280. The zero-order chi connectivity index (χ0) is 28.5. The van der Waals surface area contributed by atoms with Crippen LogP contribution in [-0.4, -0.2) is 92.4 Å². The summed E-state index contributed by atoms with van der Waals surface area (Å²) in [5.41, 5.74) is 8.09. The first-order valence-corrected chi connectivity index (χ1v) is 15.0. The van der Waals surface area contributed by atoms with E-state index < -0.39 is 18.1 Å². The highest BCUT2D eigenvalue weighted by Gasteiger charge is 2.33. The van der Waals surface area contributed by atoms with Crippen molar-refractivity contribution in [2.24, 2.45) is 5.73 Å². The van der Waals surface area contributed by atoms with E-state index in [9.17, 15) is 19.5 Å². The lowest BCUT2D eigenvalue weighted by atomic mass is 10.0. The maximum atomic E-state index is 13.3. The number of aliphatic carboxylic acids is 1. The van der Waals surface area contributed by atoms with Gasteiger partial charge in [0.1, 0.15) is 6.04 Å². The molecule has 0 saturated carbocycles. The normalized spacial score (nSPS) is 16.8. The lowest BCUT2D eigenvalue weighted by Crippen LogP contribution is -2.51. The number of amides is 2. The highest BCUT2D eigenvalue weighted by Crippen LogP contribution is 2.23. The van der Waals surface area contributed by atoms with Gasteiger partial charge in [-0.15, -0.1) is 0 Å². The number of thioether (sulfide) groups is 1. The number of fused-ring (bicyclic) bond motifs is 1. The highest BCUT2D eigenvalue weighted by molar-refractivity contribution is 7.98. The molecule has 1 saturated heterocycles. The summed E-state index contributed by atoms with van der Waals surface area (Å²) in [7, 11) is 0. The molecule has 10 nitrogen and oxygen atoms in total. The number of rotatable bonds is 14. The van der Waals surface area contributed by atoms with E-state index in [1.165, 1.54) is 0 Å². The quantitative estimate of drug-likeness (QED) is 0.233. The molecule has 1 aromatic heterocycles. The standard InChI is InChI=1S/C29H38N6O4S/c1-40-13-11-26(29(38)39)33-27(36)18-34(16-21-8-4-7-20-6-2-3-10-24(20)21)17-23-9-5-12-35(23)28(37)25(30)14-22-15-31-19-32-22/h2-4,6-8,10,15,19,23,25-26H,5,9,11-14,16-18,30H2,1H3,(H,31,32)(H,33,36)(H,38,39)/t23-,25+,26?/m0/s1. The minimum Gasteiger partial charge on any atom is -0.480 e. The number of carboxylic acids is 1. The van der Waals surface area contributed by atoms with Crippen molar-refractivity contribution in [3.63, 3.8) is 0 Å². The second kappa shape index (κ2) is 14.3. The minimum absolute atomic E-state index is 0.0180. The fraction of sp³-hybridized carbons (Fsp3) is 0.448. The summed E-state index contributed by atoms with van der Waals surface area (Å²) < 4.78 is 0. The molecule has 3 aromatic rings. The van der Waals surface area contributed by atoms with Gasteiger partial charge in [-0.2, -0.15) is 11.8 Å². The van der Waals surface area contributed by atoms with Gasteiger partial charge in [-0.25, -0.2) is 9.78 Å². The summed E-state index contributed by atoms with van der Waals surface area (Å²) in [4.78, 5) is 49.1. The molecule has 0 bridgehead atoms. The van der Waals surface area contributed by atoms with Crippen molar-refractivity contribution < 1.29 is 19.5 Å². The number of aromatic amines is 1. The van der Waals surface area contributed by atoms with Crippen LogP contribution < -0.4 is 11.1 Å². The Labute approximate surface area is 238 Å². The number of benzene rings is 2. The zero-order valence-electron chi connectivity index (χ0n) is 22.8. The van der Waals surface area contributed by atoms with Crippen LogP contribution in [0.1, 0.15) is 30.5 Å². The van der Waals surface area contributed by atoms with Gasteiger partial charge in [0.2, 0.25) is 11.8 Å². The number of carbonyl (C=O) groups is 3. The number of likely N-dealkylation sites (tertiary alicyclic amines) is 1. The summed E-state index contributed by atoms with van der Waals surface area (Å²) >= 11 is 1.54. The molecule has 1 aliphatic heterocycles. The Morgan fingerprint density at radius 2 is 2.05 bits per heavy atom. The van der Waals surface area contributed by atoms with Crippen molar-refractivity contribution in [2.45, 2.75) is 50.4 Å². The molecule has 1 fully saturated rings. The molecule has 1 aliphatic rings. The summed E-state index contributed by atoms with van der Waals surface area (Å²) in [5.74, 6) is -0.876. The molecule has 3 atom stereocenters. The van der Waals surface area contributed by atoms with Crippen LogP contribution in [0.2, 0.25) is 0 Å². The molecule has 4 rings (SSSR count). The number of carbonyl (C=O) groups excluding carboxylic acids is 2. The number of carboxylic acid groups (broad SMARTS) is 1. The predicted octanol–water partition coefficient (Wildman–Crippen LogP) is 2.25. The molecular formula is C29H38N6O4S.